The smallest absolute Gasteiger partial charge is 0.335 e. The maximum Gasteiger partial charge on any atom is 0.335 e. The average Bonchev–Trinajstić information content (AvgIpc) is 2.16. The van der Waals surface area contributed by atoms with Gasteiger partial charge in [-0.15, -0.1) is 0 Å². The summed E-state index contributed by atoms with van der Waals surface area (Å²) in [5.41, 5.74) is 1.30. The van der Waals surface area contributed by atoms with Gasteiger partial charge in [0.05, 0.1) is 17.2 Å². The van der Waals surface area contributed by atoms with Gasteiger partial charge in [-0.3, -0.25) is 0 Å². The standard InChI is InChI=1S/C9H6BrNO2/c10-4-6-1-7(5-11)3-8(2-6)9(12)13/h1-3H,4H2,(H,12,13). The molecular weight excluding hydrogens is 234 g/mol. The highest BCUT2D eigenvalue weighted by Crippen LogP contribution is 2.12. The zero-order valence-corrected chi connectivity index (χ0v) is 8.21. The zero-order valence-electron chi connectivity index (χ0n) is 6.62. The molecule has 0 bridgehead atoms. The molecule has 13 heavy (non-hydrogen) atoms. The molecule has 0 spiro atoms. The minimum absolute atomic E-state index is 0.147. The van der Waals surface area contributed by atoms with Gasteiger partial charge in [0.2, 0.25) is 0 Å². The Balaban J connectivity index is 3.24. The number of carboxylic acid groups (broad SMARTS) is 1. The number of rotatable bonds is 2. The molecule has 0 fully saturated rings. The first kappa shape index (κ1) is 9.75. The summed E-state index contributed by atoms with van der Waals surface area (Å²) in [7, 11) is 0. The summed E-state index contributed by atoms with van der Waals surface area (Å²) in [6.45, 7) is 0. The van der Waals surface area contributed by atoms with Crippen molar-refractivity contribution in [3.63, 3.8) is 0 Å². The monoisotopic (exact) mass is 239 g/mol. The topological polar surface area (TPSA) is 61.1 Å². The second kappa shape index (κ2) is 4.06. The zero-order chi connectivity index (χ0) is 9.84. The van der Waals surface area contributed by atoms with Gasteiger partial charge in [0.15, 0.2) is 0 Å². The molecule has 0 heterocycles. The SMILES string of the molecule is N#Cc1cc(CBr)cc(C(=O)O)c1. The molecule has 1 rings (SSSR count). The van der Waals surface area contributed by atoms with Gasteiger partial charge in [-0.2, -0.15) is 5.26 Å². The molecule has 1 N–H and O–H groups in total. The van der Waals surface area contributed by atoms with E-state index in [0.29, 0.717) is 10.9 Å². The average molecular weight is 240 g/mol. The Kier molecular flexibility index (Phi) is 3.04. The highest BCUT2D eigenvalue weighted by atomic mass is 79.9. The maximum atomic E-state index is 10.6. The summed E-state index contributed by atoms with van der Waals surface area (Å²) >= 11 is 3.20. The molecule has 0 saturated carbocycles. The van der Waals surface area contributed by atoms with Crippen LogP contribution in [0.4, 0.5) is 0 Å². The lowest BCUT2D eigenvalue weighted by atomic mass is 10.1. The van der Waals surface area contributed by atoms with Gasteiger partial charge in [0, 0.05) is 5.33 Å². The Labute approximate surface area is 83.7 Å². The predicted molar refractivity (Wildman–Crippen MR) is 50.7 cm³/mol. The highest BCUT2D eigenvalue weighted by Gasteiger charge is 2.05. The Morgan fingerprint density at radius 2 is 2.23 bits per heavy atom. The molecule has 0 saturated heterocycles. The number of carbonyl (C=O) groups is 1. The Bertz CT molecular complexity index is 382. The number of aromatic carboxylic acids is 1. The van der Waals surface area contributed by atoms with Crippen molar-refractivity contribution < 1.29 is 9.90 Å². The van der Waals surface area contributed by atoms with E-state index in [-0.39, 0.29) is 5.56 Å². The van der Waals surface area contributed by atoms with Gasteiger partial charge in [-0.1, -0.05) is 15.9 Å². The second-order valence-electron chi connectivity index (χ2n) is 2.47. The van der Waals surface area contributed by atoms with Crippen LogP contribution >= 0.6 is 15.9 Å². The quantitative estimate of drug-likeness (QED) is 0.805. The van der Waals surface area contributed by atoms with Crippen molar-refractivity contribution in [1.82, 2.24) is 0 Å². The van der Waals surface area contributed by atoms with E-state index in [4.69, 9.17) is 10.4 Å². The summed E-state index contributed by atoms with van der Waals surface area (Å²) in [4.78, 5) is 10.6. The lowest BCUT2D eigenvalue weighted by Gasteiger charge is -1.99. The summed E-state index contributed by atoms with van der Waals surface area (Å²) in [5.74, 6) is -1.01. The van der Waals surface area contributed by atoms with Crippen LogP contribution in [0.5, 0.6) is 0 Å². The molecule has 0 unspecified atom stereocenters. The van der Waals surface area contributed by atoms with E-state index in [2.05, 4.69) is 15.9 Å². The van der Waals surface area contributed by atoms with Crippen molar-refractivity contribution >= 4 is 21.9 Å². The minimum Gasteiger partial charge on any atom is -0.478 e. The van der Waals surface area contributed by atoms with Gasteiger partial charge in [0.25, 0.3) is 0 Å². The van der Waals surface area contributed by atoms with Gasteiger partial charge in [-0.05, 0) is 23.8 Å². The summed E-state index contributed by atoms with van der Waals surface area (Å²) in [6, 6.07) is 6.46. The van der Waals surface area contributed by atoms with Gasteiger partial charge in [0.1, 0.15) is 0 Å². The molecule has 0 atom stereocenters. The van der Waals surface area contributed by atoms with Crippen LogP contribution in [0.1, 0.15) is 21.5 Å². The van der Waals surface area contributed by atoms with E-state index >= 15 is 0 Å². The van der Waals surface area contributed by atoms with E-state index in [1.807, 2.05) is 6.07 Å². The molecule has 1 aromatic carbocycles. The molecule has 0 aliphatic carbocycles. The minimum atomic E-state index is -1.01. The Morgan fingerprint density at radius 3 is 2.69 bits per heavy atom. The lowest BCUT2D eigenvalue weighted by molar-refractivity contribution is 0.0696. The molecule has 0 aromatic heterocycles. The Hall–Kier alpha value is -1.34. The van der Waals surface area contributed by atoms with Crippen molar-refractivity contribution in [3.8, 4) is 6.07 Å². The molecule has 0 radical (unpaired) electrons. The van der Waals surface area contributed by atoms with E-state index in [0.717, 1.165) is 5.56 Å². The van der Waals surface area contributed by atoms with Crippen molar-refractivity contribution in [2.75, 3.05) is 0 Å². The molecule has 3 nitrogen and oxygen atoms in total. The number of carboxylic acids is 1. The van der Waals surface area contributed by atoms with Crippen LogP contribution in [0.3, 0.4) is 0 Å². The van der Waals surface area contributed by atoms with E-state index in [1.165, 1.54) is 12.1 Å². The molecular formula is C9H6BrNO2. The molecule has 0 aliphatic heterocycles. The number of halogens is 1. The number of hydrogen-bond donors (Lipinski definition) is 1. The largest absolute Gasteiger partial charge is 0.478 e. The summed E-state index contributed by atoms with van der Waals surface area (Å²) in [5, 5.41) is 17.9. The van der Waals surface area contributed by atoms with Gasteiger partial charge < -0.3 is 5.11 Å². The maximum absolute atomic E-state index is 10.6. The second-order valence-corrected chi connectivity index (χ2v) is 3.03. The fraction of sp³-hybridized carbons (Fsp3) is 0.111. The van der Waals surface area contributed by atoms with Crippen LogP contribution in [-0.2, 0) is 5.33 Å². The van der Waals surface area contributed by atoms with Crippen LogP contribution in [0.2, 0.25) is 0 Å². The van der Waals surface area contributed by atoms with Crippen molar-refractivity contribution in [2.45, 2.75) is 5.33 Å². The molecule has 66 valence electrons. The first-order valence-corrected chi connectivity index (χ1v) is 4.63. The first-order chi connectivity index (χ1) is 6.17. The fourth-order valence-electron chi connectivity index (χ4n) is 0.957. The third-order valence-corrected chi connectivity index (χ3v) is 2.17. The van der Waals surface area contributed by atoms with Crippen LogP contribution in [0.25, 0.3) is 0 Å². The summed E-state index contributed by atoms with van der Waals surface area (Å²) in [6.07, 6.45) is 0. The van der Waals surface area contributed by atoms with E-state index < -0.39 is 5.97 Å². The number of alkyl halides is 1. The molecule has 1 aromatic rings. The van der Waals surface area contributed by atoms with E-state index in [1.54, 1.807) is 6.07 Å². The van der Waals surface area contributed by atoms with Crippen molar-refractivity contribution in [3.05, 3.63) is 34.9 Å². The van der Waals surface area contributed by atoms with Crippen LogP contribution in [-0.4, -0.2) is 11.1 Å². The van der Waals surface area contributed by atoms with Crippen LogP contribution in [0.15, 0.2) is 18.2 Å². The van der Waals surface area contributed by atoms with Gasteiger partial charge in [-0.25, -0.2) is 4.79 Å². The predicted octanol–water partition coefficient (Wildman–Crippen LogP) is 2.15. The number of benzene rings is 1. The lowest BCUT2D eigenvalue weighted by Crippen LogP contribution is -1.98. The van der Waals surface area contributed by atoms with E-state index in [9.17, 15) is 4.79 Å². The highest BCUT2D eigenvalue weighted by molar-refractivity contribution is 9.08. The number of nitriles is 1. The van der Waals surface area contributed by atoms with Crippen LogP contribution < -0.4 is 0 Å². The van der Waals surface area contributed by atoms with Crippen molar-refractivity contribution in [2.24, 2.45) is 0 Å². The number of nitrogens with zero attached hydrogens (tertiary/aromatic N) is 1. The molecule has 0 amide bonds. The van der Waals surface area contributed by atoms with Crippen LogP contribution in [0, 0.1) is 11.3 Å². The normalized spacial score (nSPS) is 9.23. The number of hydrogen-bond acceptors (Lipinski definition) is 2. The molecule has 0 aliphatic rings. The Morgan fingerprint density at radius 1 is 1.54 bits per heavy atom. The third kappa shape index (κ3) is 2.30. The summed E-state index contributed by atoms with van der Waals surface area (Å²) < 4.78 is 0. The molecule has 4 heteroatoms. The first-order valence-electron chi connectivity index (χ1n) is 3.50. The van der Waals surface area contributed by atoms with Gasteiger partial charge >= 0.3 is 5.97 Å². The van der Waals surface area contributed by atoms with Crippen molar-refractivity contribution in [1.29, 1.82) is 5.26 Å². The fourth-order valence-corrected chi connectivity index (χ4v) is 1.28. The third-order valence-electron chi connectivity index (χ3n) is 1.52.